The van der Waals surface area contributed by atoms with Crippen molar-refractivity contribution in [3.8, 4) is 11.6 Å². The Labute approximate surface area is 234 Å². The Balaban J connectivity index is 1.33. The van der Waals surface area contributed by atoms with Gasteiger partial charge in [0.25, 0.3) is 11.7 Å². The predicted octanol–water partition coefficient (Wildman–Crippen LogP) is 4.02. The van der Waals surface area contributed by atoms with Crippen molar-refractivity contribution in [2.45, 2.75) is 58.9 Å². The van der Waals surface area contributed by atoms with Crippen LogP contribution in [-0.4, -0.2) is 68.8 Å². The van der Waals surface area contributed by atoms with E-state index in [1.807, 2.05) is 27.7 Å². The van der Waals surface area contributed by atoms with Gasteiger partial charge in [-0.3, -0.25) is 4.79 Å². The summed E-state index contributed by atoms with van der Waals surface area (Å²) >= 11 is 0. The fraction of sp³-hybridized carbons (Fsp3) is 0.519. The molecule has 41 heavy (non-hydrogen) atoms. The zero-order chi connectivity index (χ0) is 30.0. The van der Waals surface area contributed by atoms with Crippen molar-refractivity contribution in [2.24, 2.45) is 10.8 Å². The van der Waals surface area contributed by atoms with Crippen molar-refractivity contribution < 1.29 is 42.1 Å². The summed E-state index contributed by atoms with van der Waals surface area (Å²) in [6.45, 7) is 8.08. The second-order valence-corrected chi connectivity index (χ2v) is 11.0. The van der Waals surface area contributed by atoms with Crippen molar-refractivity contribution in [3.05, 3.63) is 47.8 Å². The first-order valence-corrected chi connectivity index (χ1v) is 13.0. The number of hydrogen-bond donors (Lipinski definition) is 2. The van der Waals surface area contributed by atoms with Gasteiger partial charge in [-0.15, -0.1) is 15.3 Å². The molecule has 11 nitrogen and oxygen atoms in total. The molecule has 0 spiro atoms. The molecule has 1 aliphatic carbocycles. The summed E-state index contributed by atoms with van der Waals surface area (Å²) < 4.78 is 57.1. The first kappa shape index (κ1) is 30.0. The fourth-order valence-corrected chi connectivity index (χ4v) is 5.50. The number of benzene rings is 1. The molecule has 0 radical (unpaired) electrons. The Morgan fingerprint density at radius 1 is 1.00 bits per heavy atom. The fourth-order valence-electron chi connectivity index (χ4n) is 5.50. The summed E-state index contributed by atoms with van der Waals surface area (Å²) in [6.07, 6.45) is -3.85. The standard InChI is InChI=1S/C27H32F3N5O6/c1-25(2)22(31-21(38)16-7-9-17(10-8-16)40-14-6-5-13-39-15-20(36)37)26(3,4)23(25)41-19-12-11-18-32-33-24(27(28,29)30)35(18)34-19/h7-12,22-23H,5-6,13-15H2,1-4H3,(H,31,38)(H,36,37). The number of fused-ring (bicyclic) bond motifs is 1. The number of halogens is 3. The van der Waals surface area contributed by atoms with Crippen LogP contribution in [0.4, 0.5) is 13.2 Å². The average Bonchev–Trinajstić information content (AvgIpc) is 3.33. The van der Waals surface area contributed by atoms with E-state index in [1.54, 1.807) is 24.3 Å². The maximum atomic E-state index is 13.3. The molecule has 1 aromatic carbocycles. The quantitative estimate of drug-likeness (QED) is 0.305. The summed E-state index contributed by atoms with van der Waals surface area (Å²) in [7, 11) is 0. The minimum absolute atomic E-state index is 0.0119. The molecular weight excluding hydrogens is 547 g/mol. The third-order valence-corrected chi connectivity index (χ3v) is 7.14. The van der Waals surface area contributed by atoms with Gasteiger partial charge < -0.3 is 24.6 Å². The molecule has 1 fully saturated rings. The molecule has 2 aromatic heterocycles. The molecule has 0 saturated heterocycles. The molecule has 2 N–H and O–H groups in total. The van der Waals surface area contributed by atoms with Crippen LogP contribution >= 0.6 is 0 Å². The summed E-state index contributed by atoms with van der Waals surface area (Å²) in [5.41, 5.74) is -0.768. The first-order chi connectivity index (χ1) is 19.2. The molecule has 3 aromatic rings. The Kier molecular flexibility index (Phi) is 8.43. The minimum atomic E-state index is -4.72. The molecule has 0 bridgehead atoms. The highest BCUT2D eigenvalue weighted by molar-refractivity contribution is 5.94. The molecule has 14 heteroatoms. The van der Waals surface area contributed by atoms with E-state index in [2.05, 4.69) is 20.6 Å². The highest BCUT2D eigenvalue weighted by atomic mass is 19.4. The van der Waals surface area contributed by atoms with E-state index in [0.717, 1.165) is 0 Å². The highest BCUT2D eigenvalue weighted by Gasteiger charge is 2.64. The van der Waals surface area contributed by atoms with Crippen LogP contribution in [0.2, 0.25) is 0 Å². The zero-order valence-electron chi connectivity index (χ0n) is 23.1. The van der Waals surface area contributed by atoms with Crippen LogP contribution in [0, 0.1) is 10.8 Å². The minimum Gasteiger partial charge on any atom is -0.494 e. The number of unbranched alkanes of at least 4 members (excludes halogenated alkanes) is 1. The SMILES string of the molecule is CC1(C)C(NC(=O)c2ccc(OCCCCOCC(=O)O)cc2)C(C)(C)C1Oc1ccc2nnc(C(F)(F)F)n2n1. The van der Waals surface area contributed by atoms with Crippen molar-refractivity contribution >= 4 is 17.5 Å². The number of ether oxygens (including phenoxy) is 3. The van der Waals surface area contributed by atoms with E-state index in [1.165, 1.54) is 12.1 Å². The van der Waals surface area contributed by atoms with E-state index >= 15 is 0 Å². The third-order valence-electron chi connectivity index (χ3n) is 7.14. The van der Waals surface area contributed by atoms with Gasteiger partial charge in [0, 0.05) is 35.1 Å². The summed E-state index contributed by atoms with van der Waals surface area (Å²) in [5, 5.41) is 22.3. The van der Waals surface area contributed by atoms with E-state index < -0.39 is 34.9 Å². The topological polar surface area (TPSA) is 137 Å². The van der Waals surface area contributed by atoms with E-state index in [4.69, 9.17) is 19.3 Å². The third kappa shape index (κ3) is 6.53. The zero-order valence-corrected chi connectivity index (χ0v) is 23.1. The predicted molar refractivity (Wildman–Crippen MR) is 139 cm³/mol. The second kappa shape index (κ2) is 11.5. The summed E-state index contributed by atoms with van der Waals surface area (Å²) in [4.78, 5) is 23.5. The van der Waals surface area contributed by atoms with Crippen LogP contribution in [0.5, 0.6) is 11.6 Å². The number of amides is 1. The molecule has 2 heterocycles. The lowest BCUT2D eigenvalue weighted by atomic mass is 9.49. The molecule has 0 atom stereocenters. The van der Waals surface area contributed by atoms with Crippen molar-refractivity contribution in [3.63, 3.8) is 0 Å². The Morgan fingerprint density at radius 3 is 2.29 bits per heavy atom. The summed E-state index contributed by atoms with van der Waals surface area (Å²) in [5.74, 6) is -1.95. The van der Waals surface area contributed by atoms with Gasteiger partial charge in [0.2, 0.25) is 5.88 Å². The van der Waals surface area contributed by atoms with Crippen molar-refractivity contribution in [2.75, 3.05) is 19.8 Å². The van der Waals surface area contributed by atoms with Gasteiger partial charge in [-0.2, -0.15) is 17.7 Å². The van der Waals surface area contributed by atoms with Crippen molar-refractivity contribution in [1.29, 1.82) is 0 Å². The average molecular weight is 580 g/mol. The van der Waals surface area contributed by atoms with Crippen LogP contribution in [0.25, 0.3) is 5.65 Å². The number of hydrogen-bond acceptors (Lipinski definition) is 8. The first-order valence-electron chi connectivity index (χ1n) is 13.0. The van der Waals surface area contributed by atoms with E-state index in [9.17, 15) is 22.8 Å². The molecule has 1 aliphatic rings. The van der Waals surface area contributed by atoms with Gasteiger partial charge >= 0.3 is 12.1 Å². The van der Waals surface area contributed by atoms with Gasteiger partial charge in [0.1, 0.15) is 18.5 Å². The van der Waals surface area contributed by atoms with Crippen LogP contribution in [0.3, 0.4) is 0 Å². The Morgan fingerprint density at radius 2 is 1.66 bits per heavy atom. The Hall–Kier alpha value is -3.94. The molecule has 0 aliphatic heterocycles. The number of aliphatic carboxylic acids is 1. The van der Waals surface area contributed by atoms with Crippen molar-refractivity contribution in [1.82, 2.24) is 25.1 Å². The highest BCUT2D eigenvalue weighted by Crippen LogP contribution is 2.55. The number of rotatable bonds is 12. The normalized spacial score (nSPS) is 19.4. The van der Waals surface area contributed by atoms with Gasteiger partial charge in [0.05, 0.1) is 6.61 Å². The maximum Gasteiger partial charge on any atom is 0.453 e. The lowest BCUT2D eigenvalue weighted by Gasteiger charge is -2.62. The van der Waals surface area contributed by atoms with E-state index in [-0.39, 0.29) is 30.1 Å². The molecular formula is C27H32F3N5O6. The molecule has 0 unspecified atom stereocenters. The van der Waals surface area contributed by atoms with Gasteiger partial charge in [-0.05, 0) is 43.2 Å². The molecule has 1 amide bonds. The Bertz CT molecular complexity index is 1370. The number of carboxylic acid groups (broad SMARTS) is 1. The van der Waals surface area contributed by atoms with Crippen LogP contribution in [0.1, 0.15) is 56.7 Å². The van der Waals surface area contributed by atoms with E-state index in [0.29, 0.717) is 41.9 Å². The molecule has 222 valence electrons. The maximum absolute atomic E-state index is 13.3. The van der Waals surface area contributed by atoms with Crippen LogP contribution in [-0.2, 0) is 15.7 Å². The number of nitrogens with one attached hydrogen (secondary N) is 1. The van der Waals surface area contributed by atoms with Crippen LogP contribution < -0.4 is 14.8 Å². The van der Waals surface area contributed by atoms with Crippen LogP contribution in [0.15, 0.2) is 36.4 Å². The number of aromatic nitrogens is 4. The molecule has 1 saturated carbocycles. The van der Waals surface area contributed by atoms with Gasteiger partial charge in [-0.1, -0.05) is 27.7 Å². The number of carbonyl (C=O) groups excluding carboxylic acids is 1. The number of alkyl halides is 3. The summed E-state index contributed by atoms with van der Waals surface area (Å²) in [6, 6.07) is 9.19. The number of carboxylic acids is 1. The molecule has 4 rings (SSSR count). The second-order valence-electron chi connectivity index (χ2n) is 11.0. The number of carbonyl (C=O) groups is 2. The lowest BCUT2D eigenvalue weighted by Crippen LogP contribution is -2.74. The lowest BCUT2D eigenvalue weighted by molar-refractivity contribution is -0.166. The largest absolute Gasteiger partial charge is 0.494 e. The number of nitrogens with zero attached hydrogens (tertiary/aromatic N) is 4. The van der Waals surface area contributed by atoms with Gasteiger partial charge in [0.15, 0.2) is 5.65 Å². The monoisotopic (exact) mass is 579 g/mol. The smallest absolute Gasteiger partial charge is 0.453 e. The van der Waals surface area contributed by atoms with Gasteiger partial charge in [-0.25, -0.2) is 4.79 Å².